The van der Waals surface area contributed by atoms with Crippen molar-refractivity contribution >= 4 is 49.9 Å². The number of nitrogens with one attached hydrogen (secondary N) is 2. The molecule has 6 atom stereocenters. The van der Waals surface area contributed by atoms with E-state index in [4.69, 9.17) is 19.4 Å². The third kappa shape index (κ3) is 6.75. The first-order valence-corrected chi connectivity index (χ1v) is 20.8. The van der Waals surface area contributed by atoms with Gasteiger partial charge in [-0.1, -0.05) is 40.7 Å². The zero-order chi connectivity index (χ0) is 38.2. The van der Waals surface area contributed by atoms with Crippen molar-refractivity contribution in [3.63, 3.8) is 0 Å². The van der Waals surface area contributed by atoms with E-state index in [1.54, 1.807) is 18.1 Å². The summed E-state index contributed by atoms with van der Waals surface area (Å²) in [6, 6.07) is 3.76. The number of hydrogen-bond donors (Lipinski definition) is 2. The Balaban J connectivity index is 1.24. The standard InChI is InChI=1S/C39H49N5O7S2/c1-9-22-16-39(22,37(47)43-53(48,49)23-10-11-23)17-29(45)27-15-32(28-18-40-34(38(5,6)7)36(46)44(27)28)51-31-14-25(35-42-26(19-52-35)20(2)3)41-33-21(4)30(50-8)13-12-24(31)33/h9,12-14,19-20,22-23,27-28,32,34,40H,1,10-11,15-18H2,2-8H3,(H,43,47)/t22-,27+,28-,32-,34+,39-/m1/s1. The first kappa shape index (κ1) is 37.4. The summed E-state index contributed by atoms with van der Waals surface area (Å²) in [5, 5.41) is 6.40. The molecule has 2 saturated heterocycles. The largest absolute Gasteiger partial charge is 0.496 e. The van der Waals surface area contributed by atoms with Gasteiger partial charge in [-0.05, 0) is 55.6 Å². The Morgan fingerprint density at radius 2 is 1.94 bits per heavy atom. The van der Waals surface area contributed by atoms with Crippen molar-refractivity contribution in [3.8, 4) is 22.2 Å². The van der Waals surface area contributed by atoms with E-state index < -0.39 is 56.2 Å². The quantitative estimate of drug-likeness (QED) is 0.232. The number of piperazine rings is 1. The Morgan fingerprint density at radius 3 is 2.55 bits per heavy atom. The lowest BCUT2D eigenvalue weighted by Gasteiger charge is -2.43. The minimum Gasteiger partial charge on any atom is -0.496 e. The summed E-state index contributed by atoms with van der Waals surface area (Å²) in [5.74, 6) is -0.0374. The van der Waals surface area contributed by atoms with Crippen LogP contribution in [-0.2, 0) is 24.4 Å². The zero-order valence-electron chi connectivity index (χ0n) is 31.4. The summed E-state index contributed by atoms with van der Waals surface area (Å²) in [7, 11) is -2.20. The summed E-state index contributed by atoms with van der Waals surface area (Å²) in [6.07, 6.45) is 2.35. The topological polar surface area (TPSA) is 157 Å². The number of rotatable bonds is 12. The number of thiazole rings is 1. The number of benzene rings is 1. The number of allylic oxidation sites excluding steroid dienone is 1. The first-order valence-electron chi connectivity index (χ1n) is 18.4. The van der Waals surface area contributed by atoms with Gasteiger partial charge in [0, 0.05) is 41.8 Å². The molecule has 284 valence electrons. The van der Waals surface area contributed by atoms with Gasteiger partial charge in [-0.3, -0.25) is 19.1 Å². The minimum absolute atomic E-state index is 0.200. The Morgan fingerprint density at radius 1 is 1.21 bits per heavy atom. The second-order valence-electron chi connectivity index (χ2n) is 16.5. The maximum Gasteiger partial charge on any atom is 0.241 e. The SMILES string of the molecule is C=C[C@@H]1C[C@]1(CC(=O)[C@@H]1C[C@@H](Oc2cc(-c3nc(C(C)C)cs3)nc3c(C)c(OC)ccc23)[C@H]2CN[C@H](C(C)(C)C)C(=O)N21)C(=O)NS(=O)(=O)C1CC1. The number of aryl methyl sites for hydroxylation is 1. The Bertz CT molecular complexity index is 2100. The Kier molecular flexibility index (Phi) is 9.50. The highest BCUT2D eigenvalue weighted by atomic mass is 32.2. The predicted molar refractivity (Wildman–Crippen MR) is 203 cm³/mol. The molecule has 0 unspecified atom stereocenters. The summed E-state index contributed by atoms with van der Waals surface area (Å²) in [6.45, 7) is 16.3. The summed E-state index contributed by atoms with van der Waals surface area (Å²) in [5.41, 5.74) is 1.49. The van der Waals surface area contributed by atoms with Crippen LogP contribution >= 0.6 is 11.3 Å². The van der Waals surface area contributed by atoms with Crippen molar-refractivity contribution in [1.82, 2.24) is 24.9 Å². The van der Waals surface area contributed by atoms with E-state index in [1.807, 2.05) is 51.3 Å². The molecule has 2 aromatic heterocycles. The van der Waals surface area contributed by atoms with Gasteiger partial charge in [-0.15, -0.1) is 17.9 Å². The number of aromatic nitrogens is 2. The molecule has 1 aromatic carbocycles. The molecule has 2 aliphatic heterocycles. The highest BCUT2D eigenvalue weighted by Gasteiger charge is 2.62. The van der Waals surface area contributed by atoms with Crippen LogP contribution in [-0.4, -0.2) is 84.0 Å². The van der Waals surface area contributed by atoms with E-state index in [2.05, 4.69) is 30.5 Å². The predicted octanol–water partition coefficient (Wildman–Crippen LogP) is 5.29. The highest BCUT2D eigenvalue weighted by Crippen LogP contribution is 2.57. The fourth-order valence-electron chi connectivity index (χ4n) is 7.96. The number of ether oxygens (including phenoxy) is 2. The molecule has 4 aliphatic rings. The van der Waals surface area contributed by atoms with Crippen LogP contribution in [0, 0.1) is 23.7 Å². The maximum absolute atomic E-state index is 14.5. The van der Waals surface area contributed by atoms with Gasteiger partial charge in [0.2, 0.25) is 21.8 Å². The summed E-state index contributed by atoms with van der Waals surface area (Å²) in [4.78, 5) is 54.0. The summed E-state index contributed by atoms with van der Waals surface area (Å²) >= 11 is 1.51. The van der Waals surface area contributed by atoms with E-state index >= 15 is 0 Å². The van der Waals surface area contributed by atoms with Crippen LogP contribution in [0.4, 0.5) is 0 Å². The Hall–Kier alpha value is -3.88. The van der Waals surface area contributed by atoms with E-state index in [9.17, 15) is 22.8 Å². The second-order valence-corrected chi connectivity index (χ2v) is 19.3. The molecular formula is C39H49N5O7S2. The lowest BCUT2D eigenvalue weighted by Crippen LogP contribution is -2.66. The van der Waals surface area contributed by atoms with Gasteiger partial charge in [-0.2, -0.15) is 0 Å². The molecule has 53 heavy (non-hydrogen) atoms. The fourth-order valence-corrected chi connectivity index (χ4v) is 10.3. The van der Waals surface area contributed by atoms with Crippen LogP contribution in [0.25, 0.3) is 21.6 Å². The third-order valence-corrected chi connectivity index (χ3v) is 14.1. The van der Waals surface area contributed by atoms with Crippen molar-refractivity contribution in [1.29, 1.82) is 0 Å². The smallest absolute Gasteiger partial charge is 0.241 e. The van der Waals surface area contributed by atoms with Crippen LogP contribution in [0.5, 0.6) is 11.5 Å². The number of Topliss-reactive ketones (excluding diaryl/α,β-unsaturated/α-hetero) is 1. The third-order valence-electron chi connectivity index (χ3n) is 11.4. The van der Waals surface area contributed by atoms with E-state index in [0.717, 1.165) is 21.7 Å². The molecule has 2 aliphatic carbocycles. The Labute approximate surface area is 315 Å². The number of pyridine rings is 1. The molecule has 2 N–H and O–H groups in total. The van der Waals surface area contributed by atoms with E-state index in [-0.39, 0.29) is 36.4 Å². The molecule has 0 bridgehead atoms. The van der Waals surface area contributed by atoms with Crippen molar-refractivity contribution in [2.45, 2.75) is 109 Å². The molecule has 4 heterocycles. The number of sulfonamides is 1. The number of carbonyl (C=O) groups excluding carboxylic acids is 3. The van der Waals surface area contributed by atoms with Crippen molar-refractivity contribution in [2.75, 3.05) is 13.7 Å². The van der Waals surface area contributed by atoms with Gasteiger partial charge < -0.3 is 19.7 Å². The first-order chi connectivity index (χ1) is 25.0. The van der Waals surface area contributed by atoms with Gasteiger partial charge in [0.05, 0.1) is 47.1 Å². The number of fused-ring (bicyclic) bond motifs is 2. The molecule has 12 nitrogen and oxygen atoms in total. The van der Waals surface area contributed by atoms with Gasteiger partial charge >= 0.3 is 0 Å². The molecule has 0 radical (unpaired) electrons. The van der Waals surface area contributed by atoms with Crippen molar-refractivity contribution in [2.24, 2.45) is 16.7 Å². The number of ketones is 1. The molecule has 2 saturated carbocycles. The molecule has 2 amide bonds. The van der Waals surface area contributed by atoms with Gasteiger partial charge in [0.25, 0.3) is 0 Å². The molecular weight excluding hydrogens is 715 g/mol. The van der Waals surface area contributed by atoms with Gasteiger partial charge in [0.15, 0.2) is 5.78 Å². The van der Waals surface area contributed by atoms with Crippen LogP contribution in [0.15, 0.2) is 36.2 Å². The van der Waals surface area contributed by atoms with Gasteiger partial charge in [0.1, 0.15) is 28.3 Å². The number of amides is 2. The van der Waals surface area contributed by atoms with Crippen molar-refractivity contribution in [3.05, 3.63) is 47.5 Å². The lowest BCUT2D eigenvalue weighted by molar-refractivity contribution is -0.147. The van der Waals surface area contributed by atoms with E-state index in [0.29, 0.717) is 48.5 Å². The normalized spacial score (nSPS) is 27.1. The molecule has 0 spiro atoms. The molecule has 7 rings (SSSR count). The number of carbonyl (C=O) groups is 3. The summed E-state index contributed by atoms with van der Waals surface area (Å²) < 4.78 is 40.3. The van der Waals surface area contributed by atoms with Crippen LogP contribution in [0.1, 0.15) is 83.9 Å². The molecule has 14 heteroatoms. The van der Waals surface area contributed by atoms with E-state index in [1.165, 1.54) is 11.3 Å². The average molecular weight is 764 g/mol. The maximum atomic E-state index is 14.5. The second kappa shape index (κ2) is 13.5. The van der Waals surface area contributed by atoms with Crippen LogP contribution in [0.3, 0.4) is 0 Å². The van der Waals surface area contributed by atoms with Gasteiger partial charge in [-0.25, -0.2) is 18.4 Å². The number of hydrogen-bond acceptors (Lipinski definition) is 11. The highest BCUT2D eigenvalue weighted by molar-refractivity contribution is 7.90. The lowest BCUT2D eigenvalue weighted by atomic mass is 9.84. The average Bonchev–Trinajstić information content (AvgIpc) is 3.99. The number of nitrogens with zero attached hydrogens (tertiary/aromatic N) is 3. The zero-order valence-corrected chi connectivity index (χ0v) is 33.0. The van der Waals surface area contributed by atoms with Crippen LogP contribution in [0.2, 0.25) is 0 Å². The fraction of sp³-hybridized carbons (Fsp3) is 0.564. The monoisotopic (exact) mass is 763 g/mol. The van der Waals surface area contributed by atoms with Crippen molar-refractivity contribution < 1.29 is 32.3 Å². The van der Waals surface area contributed by atoms with Crippen LogP contribution < -0.4 is 19.5 Å². The number of methoxy groups -OCH3 is 1. The molecule has 3 aromatic rings. The minimum atomic E-state index is -3.82. The molecule has 4 fully saturated rings.